The molecule has 0 spiro atoms. The highest BCUT2D eigenvalue weighted by atomic mass is 16.2. The molecule has 1 heterocycles. The van der Waals surface area contributed by atoms with Crippen LogP contribution in [0.4, 0.5) is 4.79 Å². The van der Waals surface area contributed by atoms with Crippen LogP contribution >= 0.6 is 0 Å². The number of hydrogen-bond donors (Lipinski definition) is 2. The molecule has 0 radical (unpaired) electrons. The molecule has 2 rings (SSSR count). The zero-order valence-corrected chi connectivity index (χ0v) is 8.73. The van der Waals surface area contributed by atoms with Crippen molar-refractivity contribution in [3.63, 3.8) is 0 Å². The molecule has 6 heteroatoms. The maximum absolute atomic E-state index is 11.6. The van der Waals surface area contributed by atoms with E-state index in [0.717, 1.165) is 12.8 Å². The van der Waals surface area contributed by atoms with Crippen LogP contribution in [-0.2, 0) is 6.54 Å². The quantitative estimate of drug-likeness (QED) is 0.761. The SMILES string of the molecule is CN(Cc1ncn[nH]1)C(=O)NC1CCC1. The summed E-state index contributed by atoms with van der Waals surface area (Å²) in [5.41, 5.74) is 0. The van der Waals surface area contributed by atoms with Gasteiger partial charge in [-0.15, -0.1) is 0 Å². The Labute approximate surface area is 88.1 Å². The fraction of sp³-hybridized carbons (Fsp3) is 0.667. The Bertz CT molecular complexity index is 319. The standard InChI is InChI=1S/C9H15N5O/c1-14(5-8-10-6-11-13-8)9(15)12-7-3-2-4-7/h6-7H,2-5H2,1H3,(H,12,15)(H,10,11,13). The van der Waals surface area contributed by atoms with Crippen molar-refractivity contribution in [2.75, 3.05) is 7.05 Å². The second-order valence-corrected chi connectivity index (χ2v) is 3.87. The number of aromatic nitrogens is 3. The maximum atomic E-state index is 11.6. The lowest BCUT2D eigenvalue weighted by molar-refractivity contribution is 0.193. The molecule has 1 aliphatic carbocycles. The van der Waals surface area contributed by atoms with Gasteiger partial charge in [0.05, 0.1) is 6.54 Å². The van der Waals surface area contributed by atoms with Crippen molar-refractivity contribution in [1.29, 1.82) is 0 Å². The number of aromatic amines is 1. The first-order valence-electron chi connectivity index (χ1n) is 5.11. The fourth-order valence-corrected chi connectivity index (χ4v) is 1.44. The Morgan fingerprint density at radius 2 is 2.53 bits per heavy atom. The molecule has 1 aliphatic rings. The summed E-state index contributed by atoms with van der Waals surface area (Å²) in [6, 6.07) is 0.325. The Hall–Kier alpha value is -1.59. The summed E-state index contributed by atoms with van der Waals surface area (Å²) in [6.07, 6.45) is 4.85. The van der Waals surface area contributed by atoms with E-state index >= 15 is 0 Å². The average molecular weight is 209 g/mol. The van der Waals surface area contributed by atoms with Gasteiger partial charge in [0, 0.05) is 13.1 Å². The largest absolute Gasteiger partial charge is 0.335 e. The van der Waals surface area contributed by atoms with E-state index in [1.54, 1.807) is 11.9 Å². The van der Waals surface area contributed by atoms with Crippen molar-refractivity contribution < 1.29 is 4.79 Å². The zero-order chi connectivity index (χ0) is 10.7. The van der Waals surface area contributed by atoms with Crippen molar-refractivity contribution >= 4 is 6.03 Å². The molecule has 0 aromatic carbocycles. The topological polar surface area (TPSA) is 73.9 Å². The highest BCUT2D eigenvalue weighted by Crippen LogP contribution is 2.18. The van der Waals surface area contributed by atoms with E-state index in [0.29, 0.717) is 18.4 Å². The van der Waals surface area contributed by atoms with Crippen LogP contribution in [-0.4, -0.2) is 39.2 Å². The second-order valence-electron chi connectivity index (χ2n) is 3.87. The van der Waals surface area contributed by atoms with Gasteiger partial charge in [0.2, 0.25) is 0 Å². The van der Waals surface area contributed by atoms with Gasteiger partial charge in [-0.2, -0.15) is 5.10 Å². The van der Waals surface area contributed by atoms with Crippen LogP contribution in [0.3, 0.4) is 0 Å². The molecule has 0 aliphatic heterocycles. The van der Waals surface area contributed by atoms with Gasteiger partial charge in [-0.1, -0.05) is 0 Å². The molecule has 0 bridgehead atoms. The smallest absolute Gasteiger partial charge is 0.317 e. The van der Waals surface area contributed by atoms with Gasteiger partial charge in [-0.25, -0.2) is 9.78 Å². The minimum Gasteiger partial charge on any atom is -0.335 e. The number of carbonyl (C=O) groups excluding carboxylic acids is 1. The number of hydrogen-bond acceptors (Lipinski definition) is 3. The summed E-state index contributed by atoms with van der Waals surface area (Å²) in [7, 11) is 1.75. The van der Waals surface area contributed by atoms with E-state index in [1.165, 1.54) is 12.7 Å². The van der Waals surface area contributed by atoms with Crippen LogP contribution in [0.2, 0.25) is 0 Å². The highest BCUT2D eigenvalue weighted by Gasteiger charge is 2.21. The van der Waals surface area contributed by atoms with Crippen LogP contribution < -0.4 is 5.32 Å². The minimum absolute atomic E-state index is 0.0453. The van der Waals surface area contributed by atoms with Gasteiger partial charge < -0.3 is 10.2 Å². The summed E-state index contributed by atoms with van der Waals surface area (Å²) >= 11 is 0. The molecule has 82 valence electrons. The molecule has 0 unspecified atom stereocenters. The number of carbonyl (C=O) groups is 1. The minimum atomic E-state index is -0.0453. The molecule has 2 N–H and O–H groups in total. The molecule has 6 nitrogen and oxygen atoms in total. The molecule has 1 aromatic heterocycles. The first-order valence-corrected chi connectivity index (χ1v) is 5.11. The molecule has 15 heavy (non-hydrogen) atoms. The van der Waals surface area contributed by atoms with Crippen LogP contribution in [0, 0.1) is 0 Å². The highest BCUT2D eigenvalue weighted by molar-refractivity contribution is 5.74. The molecule has 0 atom stereocenters. The number of nitrogens with zero attached hydrogens (tertiary/aromatic N) is 3. The zero-order valence-electron chi connectivity index (χ0n) is 8.73. The van der Waals surface area contributed by atoms with Gasteiger partial charge in [0.1, 0.15) is 12.2 Å². The number of urea groups is 1. The molecular weight excluding hydrogens is 194 g/mol. The third-order valence-electron chi connectivity index (χ3n) is 2.63. The molecular formula is C9H15N5O. The fourth-order valence-electron chi connectivity index (χ4n) is 1.44. The Morgan fingerprint density at radius 3 is 3.07 bits per heavy atom. The monoisotopic (exact) mass is 209 g/mol. The van der Waals surface area contributed by atoms with Gasteiger partial charge in [-0.05, 0) is 19.3 Å². The van der Waals surface area contributed by atoms with Gasteiger partial charge in [0.15, 0.2) is 0 Å². The van der Waals surface area contributed by atoms with Crippen molar-refractivity contribution in [2.24, 2.45) is 0 Å². The van der Waals surface area contributed by atoms with Gasteiger partial charge in [-0.3, -0.25) is 5.10 Å². The molecule has 1 aromatic rings. The lowest BCUT2D eigenvalue weighted by Crippen LogP contribution is -2.45. The lowest BCUT2D eigenvalue weighted by atomic mass is 9.93. The van der Waals surface area contributed by atoms with Crippen molar-refractivity contribution in [1.82, 2.24) is 25.4 Å². The van der Waals surface area contributed by atoms with E-state index in [4.69, 9.17) is 0 Å². The number of nitrogens with one attached hydrogen (secondary N) is 2. The van der Waals surface area contributed by atoms with Gasteiger partial charge in [0.25, 0.3) is 0 Å². The van der Waals surface area contributed by atoms with E-state index in [2.05, 4.69) is 20.5 Å². The van der Waals surface area contributed by atoms with E-state index < -0.39 is 0 Å². The average Bonchev–Trinajstić information content (AvgIpc) is 2.63. The number of rotatable bonds is 3. The lowest BCUT2D eigenvalue weighted by Gasteiger charge is -2.28. The molecule has 0 saturated heterocycles. The second kappa shape index (κ2) is 4.29. The summed E-state index contributed by atoms with van der Waals surface area (Å²) in [6.45, 7) is 0.457. The van der Waals surface area contributed by atoms with E-state index in [-0.39, 0.29) is 6.03 Å². The van der Waals surface area contributed by atoms with E-state index in [9.17, 15) is 4.79 Å². The number of H-pyrrole nitrogens is 1. The first-order chi connectivity index (χ1) is 7.25. The molecule has 1 saturated carbocycles. The predicted octanol–water partition coefficient (Wildman–Crippen LogP) is 0.499. The number of amides is 2. The maximum Gasteiger partial charge on any atom is 0.317 e. The van der Waals surface area contributed by atoms with Crippen LogP contribution in [0.1, 0.15) is 25.1 Å². The Morgan fingerprint density at radius 1 is 1.73 bits per heavy atom. The van der Waals surface area contributed by atoms with Crippen LogP contribution in [0.25, 0.3) is 0 Å². The third-order valence-corrected chi connectivity index (χ3v) is 2.63. The molecule has 1 fully saturated rings. The summed E-state index contributed by atoms with van der Waals surface area (Å²) in [4.78, 5) is 17.2. The Kier molecular flexibility index (Phi) is 2.84. The van der Waals surface area contributed by atoms with Gasteiger partial charge >= 0.3 is 6.03 Å². The first kappa shape index (κ1) is 9.95. The van der Waals surface area contributed by atoms with Crippen LogP contribution in [0.15, 0.2) is 6.33 Å². The summed E-state index contributed by atoms with van der Waals surface area (Å²) in [5.74, 6) is 0.696. The van der Waals surface area contributed by atoms with E-state index in [1.807, 2.05) is 0 Å². The van der Waals surface area contributed by atoms with Crippen molar-refractivity contribution in [3.8, 4) is 0 Å². The summed E-state index contributed by atoms with van der Waals surface area (Å²) in [5, 5.41) is 9.40. The predicted molar refractivity (Wildman–Crippen MR) is 54.0 cm³/mol. The van der Waals surface area contributed by atoms with Crippen LogP contribution in [0.5, 0.6) is 0 Å². The Balaban J connectivity index is 1.79. The molecule has 2 amide bonds. The summed E-state index contributed by atoms with van der Waals surface area (Å²) < 4.78 is 0. The van der Waals surface area contributed by atoms with Crippen molar-refractivity contribution in [3.05, 3.63) is 12.2 Å². The normalized spacial score (nSPS) is 15.8. The third kappa shape index (κ3) is 2.45. The van der Waals surface area contributed by atoms with Crippen molar-refractivity contribution in [2.45, 2.75) is 31.8 Å².